The molecule has 31 heavy (non-hydrogen) atoms. The van der Waals surface area contributed by atoms with Crippen LogP contribution < -0.4 is 10.6 Å². The average molecular weight is 428 g/mol. The summed E-state index contributed by atoms with van der Waals surface area (Å²) in [5.41, 5.74) is 2.61. The average Bonchev–Trinajstić information content (AvgIpc) is 3.19. The van der Waals surface area contributed by atoms with E-state index in [1.165, 1.54) is 17.2 Å². The van der Waals surface area contributed by atoms with Gasteiger partial charge >= 0.3 is 5.97 Å². The van der Waals surface area contributed by atoms with E-state index in [1.54, 1.807) is 12.4 Å². The summed E-state index contributed by atoms with van der Waals surface area (Å²) in [5.74, 6) is -1.92. The third-order valence-electron chi connectivity index (χ3n) is 5.24. The highest BCUT2D eigenvalue weighted by molar-refractivity contribution is 5.90. The minimum atomic E-state index is -1.11. The van der Waals surface area contributed by atoms with Crippen molar-refractivity contribution < 1.29 is 19.5 Å². The first-order valence-corrected chi connectivity index (χ1v) is 10.6. The van der Waals surface area contributed by atoms with Gasteiger partial charge < -0.3 is 20.3 Å². The quantitative estimate of drug-likeness (QED) is 0.571. The van der Waals surface area contributed by atoms with E-state index in [4.69, 9.17) is 0 Å². The van der Waals surface area contributed by atoms with E-state index in [1.807, 2.05) is 39.0 Å². The number of carboxylic acids is 1. The maximum Gasteiger partial charge on any atom is 0.327 e. The van der Waals surface area contributed by atoms with Crippen molar-refractivity contribution in [3.8, 4) is 11.1 Å². The molecular weight excluding hydrogens is 394 g/mol. The topological polar surface area (TPSA) is 100 Å². The SMILES string of the molecule is CCCc1ccc(-c2ccn([C@H](CC(=O)N[C@H](C(=O)NC)C(C)(C)C)C(=O)O)c2)cc1. The summed E-state index contributed by atoms with van der Waals surface area (Å²) in [4.78, 5) is 36.7. The van der Waals surface area contributed by atoms with Crippen LogP contribution in [0.25, 0.3) is 11.1 Å². The molecule has 0 saturated heterocycles. The van der Waals surface area contributed by atoms with E-state index in [2.05, 4.69) is 29.7 Å². The van der Waals surface area contributed by atoms with Crippen LogP contribution in [0.15, 0.2) is 42.7 Å². The molecule has 168 valence electrons. The molecule has 0 unspecified atom stereocenters. The predicted molar refractivity (Wildman–Crippen MR) is 121 cm³/mol. The zero-order valence-electron chi connectivity index (χ0n) is 18.9. The Morgan fingerprint density at radius 1 is 1.06 bits per heavy atom. The Hall–Kier alpha value is -3.09. The van der Waals surface area contributed by atoms with Gasteiger partial charge in [0, 0.05) is 19.4 Å². The van der Waals surface area contributed by atoms with E-state index in [0.717, 1.165) is 24.0 Å². The van der Waals surface area contributed by atoms with Crippen molar-refractivity contribution in [1.29, 1.82) is 0 Å². The molecule has 0 spiro atoms. The zero-order chi connectivity index (χ0) is 23.2. The molecule has 2 amide bonds. The molecular formula is C24H33N3O4. The molecule has 1 heterocycles. The molecule has 0 saturated carbocycles. The van der Waals surface area contributed by atoms with E-state index in [0.29, 0.717) is 0 Å². The first-order valence-electron chi connectivity index (χ1n) is 10.6. The van der Waals surface area contributed by atoms with Gasteiger partial charge in [-0.05, 0) is 34.6 Å². The van der Waals surface area contributed by atoms with Crippen LogP contribution in [0.5, 0.6) is 0 Å². The van der Waals surface area contributed by atoms with Crippen LogP contribution in [0.2, 0.25) is 0 Å². The Kier molecular flexibility index (Phi) is 8.02. The Morgan fingerprint density at radius 2 is 1.71 bits per heavy atom. The lowest BCUT2D eigenvalue weighted by Crippen LogP contribution is -2.53. The van der Waals surface area contributed by atoms with Crippen LogP contribution in [0.1, 0.15) is 52.1 Å². The molecule has 2 aromatic rings. The maximum atomic E-state index is 12.6. The van der Waals surface area contributed by atoms with Crippen molar-refractivity contribution in [3.63, 3.8) is 0 Å². The summed E-state index contributed by atoms with van der Waals surface area (Å²) in [6.45, 7) is 7.65. The molecule has 2 rings (SSSR count). The number of likely N-dealkylation sites (N-methyl/N-ethyl adjacent to an activating group) is 1. The summed E-state index contributed by atoms with van der Waals surface area (Å²) < 4.78 is 1.53. The highest BCUT2D eigenvalue weighted by Crippen LogP contribution is 2.25. The Bertz CT molecular complexity index is 910. The first kappa shape index (κ1) is 24.2. The van der Waals surface area contributed by atoms with Gasteiger partial charge in [0.2, 0.25) is 11.8 Å². The van der Waals surface area contributed by atoms with Crippen molar-refractivity contribution in [2.24, 2.45) is 5.41 Å². The van der Waals surface area contributed by atoms with Crippen LogP contribution in [-0.2, 0) is 20.8 Å². The first-order chi connectivity index (χ1) is 14.6. The third-order valence-corrected chi connectivity index (χ3v) is 5.24. The number of rotatable bonds is 9. The second kappa shape index (κ2) is 10.3. The Labute approximate surface area is 183 Å². The molecule has 1 aromatic heterocycles. The maximum absolute atomic E-state index is 12.6. The summed E-state index contributed by atoms with van der Waals surface area (Å²) in [6.07, 6.45) is 5.22. The number of aliphatic carboxylic acids is 1. The number of carbonyl (C=O) groups excluding carboxylic acids is 2. The summed E-state index contributed by atoms with van der Waals surface area (Å²) in [5, 5.41) is 15.0. The Balaban J connectivity index is 2.16. The lowest BCUT2D eigenvalue weighted by molar-refractivity contribution is -0.143. The minimum absolute atomic E-state index is 0.275. The van der Waals surface area contributed by atoms with Gasteiger partial charge in [0.05, 0.1) is 6.42 Å². The zero-order valence-corrected chi connectivity index (χ0v) is 18.9. The number of carbonyl (C=O) groups is 3. The van der Waals surface area contributed by atoms with Crippen LogP contribution in [0, 0.1) is 5.41 Å². The predicted octanol–water partition coefficient (Wildman–Crippen LogP) is 3.40. The van der Waals surface area contributed by atoms with Crippen molar-refractivity contribution in [1.82, 2.24) is 15.2 Å². The molecule has 3 N–H and O–H groups in total. The monoisotopic (exact) mass is 427 g/mol. The number of amides is 2. The van der Waals surface area contributed by atoms with Crippen LogP contribution in [0.4, 0.5) is 0 Å². The van der Waals surface area contributed by atoms with Crippen LogP contribution in [-0.4, -0.2) is 40.5 Å². The number of nitrogens with zero attached hydrogens (tertiary/aromatic N) is 1. The van der Waals surface area contributed by atoms with Gasteiger partial charge in [0.25, 0.3) is 0 Å². The highest BCUT2D eigenvalue weighted by atomic mass is 16.4. The van der Waals surface area contributed by atoms with Crippen LogP contribution in [0.3, 0.4) is 0 Å². The number of aryl methyl sites for hydroxylation is 1. The van der Waals surface area contributed by atoms with Gasteiger partial charge in [-0.15, -0.1) is 0 Å². The highest BCUT2D eigenvalue weighted by Gasteiger charge is 2.33. The molecule has 2 atom stereocenters. The standard InChI is InChI=1S/C24H33N3O4/c1-6-7-16-8-10-17(11-9-16)18-12-13-27(15-18)19(23(30)31)14-20(28)26-21(22(29)25-5)24(2,3)4/h8-13,15,19,21H,6-7,14H2,1-5H3,(H,25,29)(H,26,28)(H,30,31)/t19-,21-/m1/s1. The number of hydrogen-bond acceptors (Lipinski definition) is 3. The van der Waals surface area contributed by atoms with E-state index in [-0.39, 0.29) is 12.3 Å². The number of nitrogens with one attached hydrogen (secondary N) is 2. The van der Waals surface area contributed by atoms with Gasteiger partial charge in [-0.25, -0.2) is 4.79 Å². The molecule has 1 aromatic carbocycles. The Morgan fingerprint density at radius 3 is 2.23 bits per heavy atom. The molecule has 0 radical (unpaired) electrons. The largest absolute Gasteiger partial charge is 0.480 e. The van der Waals surface area contributed by atoms with Crippen molar-refractivity contribution in [3.05, 3.63) is 48.3 Å². The van der Waals surface area contributed by atoms with Gasteiger partial charge in [-0.3, -0.25) is 9.59 Å². The van der Waals surface area contributed by atoms with Gasteiger partial charge in [0.1, 0.15) is 12.1 Å². The van der Waals surface area contributed by atoms with Crippen molar-refractivity contribution >= 4 is 17.8 Å². The van der Waals surface area contributed by atoms with E-state index < -0.39 is 29.4 Å². The van der Waals surface area contributed by atoms with Crippen molar-refractivity contribution in [2.75, 3.05) is 7.05 Å². The fourth-order valence-electron chi connectivity index (χ4n) is 3.47. The second-order valence-corrected chi connectivity index (χ2v) is 8.83. The summed E-state index contributed by atoms with van der Waals surface area (Å²) in [7, 11) is 1.50. The number of aromatic nitrogens is 1. The summed E-state index contributed by atoms with van der Waals surface area (Å²) in [6, 6.07) is 8.19. The van der Waals surface area contributed by atoms with Crippen molar-refractivity contribution in [2.45, 2.75) is 59.0 Å². The molecule has 7 nitrogen and oxygen atoms in total. The fourth-order valence-corrected chi connectivity index (χ4v) is 3.47. The number of carboxylic acid groups (broad SMARTS) is 1. The second-order valence-electron chi connectivity index (χ2n) is 8.83. The van der Waals surface area contributed by atoms with E-state index >= 15 is 0 Å². The molecule has 0 aliphatic carbocycles. The molecule has 7 heteroatoms. The van der Waals surface area contributed by atoms with Gasteiger partial charge in [-0.1, -0.05) is 58.4 Å². The molecule has 0 fully saturated rings. The molecule has 0 aliphatic rings. The smallest absolute Gasteiger partial charge is 0.327 e. The minimum Gasteiger partial charge on any atom is -0.480 e. The lowest BCUT2D eigenvalue weighted by Gasteiger charge is -2.30. The van der Waals surface area contributed by atoms with Gasteiger partial charge in [0.15, 0.2) is 0 Å². The number of benzene rings is 1. The lowest BCUT2D eigenvalue weighted by atomic mass is 9.86. The normalized spacial score (nSPS) is 13.3. The van der Waals surface area contributed by atoms with Crippen LogP contribution >= 0.6 is 0 Å². The third kappa shape index (κ3) is 6.44. The van der Waals surface area contributed by atoms with Gasteiger partial charge in [-0.2, -0.15) is 0 Å². The molecule has 0 bridgehead atoms. The fraction of sp³-hybridized carbons (Fsp3) is 0.458. The molecule has 0 aliphatic heterocycles. The summed E-state index contributed by atoms with van der Waals surface area (Å²) >= 11 is 0. The van der Waals surface area contributed by atoms with E-state index in [9.17, 15) is 19.5 Å². The number of hydrogen-bond donors (Lipinski definition) is 3.